The lowest BCUT2D eigenvalue weighted by molar-refractivity contribution is -0.702. The Balaban J connectivity index is 2.33. The maximum absolute atomic E-state index is 11.7. The second-order valence-electron chi connectivity index (χ2n) is 3.53. The van der Waals surface area contributed by atoms with Crippen molar-refractivity contribution in [3.63, 3.8) is 0 Å². The minimum Gasteiger partial charge on any atom is -0.706 e. The SMILES string of the molecule is Nc1c(N)[n+]([O-])c(NCc2cccs2)[n+]([O-])c1N. The molecule has 0 unspecified atom stereocenters. The summed E-state index contributed by atoms with van der Waals surface area (Å²) >= 11 is 1.49. The lowest BCUT2D eigenvalue weighted by atomic mass is 10.4. The second kappa shape index (κ2) is 4.45. The molecule has 0 saturated heterocycles. The Kier molecular flexibility index (Phi) is 2.98. The fourth-order valence-corrected chi connectivity index (χ4v) is 2.03. The Morgan fingerprint density at radius 2 is 1.78 bits per heavy atom. The third-order valence-corrected chi connectivity index (χ3v) is 3.25. The molecule has 0 aliphatic rings. The van der Waals surface area contributed by atoms with Gasteiger partial charge in [0, 0.05) is 4.88 Å². The topological polar surface area (TPSA) is 144 Å². The first-order chi connectivity index (χ1) is 8.52. The summed E-state index contributed by atoms with van der Waals surface area (Å²) in [7, 11) is 0. The quantitative estimate of drug-likeness (QED) is 0.431. The van der Waals surface area contributed by atoms with Crippen LogP contribution < -0.4 is 32.0 Å². The van der Waals surface area contributed by atoms with Gasteiger partial charge in [0.2, 0.25) is 5.82 Å². The van der Waals surface area contributed by atoms with Crippen LogP contribution in [0.25, 0.3) is 0 Å². The van der Waals surface area contributed by atoms with E-state index in [0.29, 0.717) is 6.54 Å². The number of anilines is 4. The minimum absolute atomic E-state index is 0.221. The van der Waals surface area contributed by atoms with E-state index in [0.717, 1.165) is 4.88 Å². The standard InChI is InChI=1S/C9H12N6O2S/c10-6-7(11)14(16)9(15(17)8(6)12)13-4-5-2-1-3-18-5/h1-3,13H,4,10-12H2. The molecule has 7 N–H and O–H groups in total. The van der Waals surface area contributed by atoms with Gasteiger partial charge in [-0.15, -0.1) is 11.3 Å². The number of nitrogen functional groups attached to an aromatic ring is 3. The zero-order chi connectivity index (χ0) is 13.3. The predicted octanol–water partition coefficient (Wildman–Crippen LogP) is -0.626. The number of aromatic nitrogens is 2. The summed E-state index contributed by atoms with van der Waals surface area (Å²) in [6, 6.07) is 3.73. The molecule has 2 heterocycles. The van der Waals surface area contributed by atoms with Gasteiger partial charge < -0.3 is 21.9 Å². The molecule has 0 spiro atoms. The molecule has 96 valence electrons. The van der Waals surface area contributed by atoms with E-state index in [2.05, 4.69) is 5.32 Å². The van der Waals surface area contributed by atoms with E-state index in [1.54, 1.807) is 0 Å². The van der Waals surface area contributed by atoms with E-state index < -0.39 is 0 Å². The first-order valence-corrected chi connectivity index (χ1v) is 5.86. The smallest absolute Gasteiger partial charge is 0.454 e. The fourth-order valence-electron chi connectivity index (χ4n) is 1.38. The highest BCUT2D eigenvalue weighted by atomic mass is 32.1. The number of thiophene rings is 1. The molecular formula is C9H12N6O2S. The molecule has 2 aromatic heterocycles. The summed E-state index contributed by atoms with van der Waals surface area (Å²) in [4.78, 5) is 0.962. The number of nitrogens with two attached hydrogens (primary N) is 3. The van der Waals surface area contributed by atoms with E-state index in [-0.39, 0.29) is 32.7 Å². The van der Waals surface area contributed by atoms with Crippen LogP contribution in [0.3, 0.4) is 0 Å². The van der Waals surface area contributed by atoms with Crippen molar-refractivity contribution in [3.05, 3.63) is 32.8 Å². The summed E-state index contributed by atoms with van der Waals surface area (Å²) in [5.41, 5.74) is 16.1. The number of rotatable bonds is 3. The summed E-state index contributed by atoms with van der Waals surface area (Å²) in [5, 5.41) is 28.0. The summed E-state index contributed by atoms with van der Waals surface area (Å²) < 4.78 is 0.457. The van der Waals surface area contributed by atoms with Gasteiger partial charge in [-0.25, -0.2) is 5.32 Å². The van der Waals surface area contributed by atoms with Crippen molar-refractivity contribution < 1.29 is 9.46 Å². The van der Waals surface area contributed by atoms with Gasteiger partial charge in [0.05, 0.1) is 0 Å². The molecule has 18 heavy (non-hydrogen) atoms. The largest absolute Gasteiger partial charge is 0.706 e. The van der Waals surface area contributed by atoms with Crippen molar-refractivity contribution in [1.29, 1.82) is 0 Å². The van der Waals surface area contributed by atoms with Gasteiger partial charge in [-0.2, -0.15) is 9.46 Å². The van der Waals surface area contributed by atoms with Crippen LogP contribution in [0.2, 0.25) is 0 Å². The molecule has 0 fully saturated rings. The fraction of sp³-hybridized carbons (Fsp3) is 0.111. The number of hydrogen-bond donors (Lipinski definition) is 4. The molecular weight excluding hydrogens is 256 g/mol. The van der Waals surface area contributed by atoms with Crippen molar-refractivity contribution >= 4 is 34.6 Å². The van der Waals surface area contributed by atoms with Crippen LogP contribution in [0, 0.1) is 10.4 Å². The molecule has 0 bridgehead atoms. The van der Waals surface area contributed by atoms with Crippen molar-refractivity contribution in [2.45, 2.75) is 6.54 Å². The highest BCUT2D eigenvalue weighted by molar-refractivity contribution is 7.09. The summed E-state index contributed by atoms with van der Waals surface area (Å²) in [6.45, 7) is 0.324. The zero-order valence-electron chi connectivity index (χ0n) is 9.29. The van der Waals surface area contributed by atoms with E-state index in [4.69, 9.17) is 17.2 Å². The molecule has 2 rings (SSSR count). The van der Waals surface area contributed by atoms with Crippen molar-refractivity contribution in [3.8, 4) is 0 Å². The van der Waals surface area contributed by atoms with Gasteiger partial charge in [-0.3, -0.25) is 5.73 Å². The molecule has 9 heteroatoms. The van der Waals surface area contributed by atoms with Gasteiger partial charge >= 0.3 is 11.8 Å². The third kappa shape index (κ3) is 1.91. The number of hydrogen-bond acceptors (Lipinski definition) is 7. The lowest BCUT2D eigenvalue weighted by Crippen LogP contribution is -2.49. The first-order valence-electron chi connectivity index (χ1n) is 4.98. The maximum atomic E-state index is 11.7. The zero-order valence-corrected chi connectivity index (χ0v) is 10.1. The Morgan fingerprint density at radius 3 is 2.28 bits per heavy atom. The highest BCUT2D eigenvalue weighted by Crippen LogP contribution is 2.17. The van der Waals surface area contributed by atoms with Gasteiger partial charge in [0.25, 0.3) is 0 Å². The average molecular weight is 268 g/mol. The van der Waals surface area contributed by atoms with Gasteiger partial charge in [-0.1, -0.05) is 6.07 Å². The molecule has 8 nitrogen and oxygen atoms in total. The van der Waals surface area contributed by atoms with Crippen LogP contribution in [0.4, 0.5) is 23.3 Å². The Labute approximate surface area is 106 Å². The predicted molar refractivity (Wildman–Crippen MR) is 69.2 cm³/mol. The van der Waals surface area contributed by atoms with Gasteiger partial charge in [0.15, 0.2) is 5.69 Å². The Morgan fingerprint density at radius 1 is 1.17 bits per heavy atom. The van der Waals surface area contributed by atoms with E-state index in [9.17, 15) is 10.4 Å². The molecule has 0 radical (unpaired) electrons. The Bertz CT molecular complexity index is 542. The van der Waals surface area contributed by atoms with Crippen LogP contribution in [0.5, 0.6) is 0 Å². The first kappa shape index (κ1) is 12.0. The van der Waals surface area contributed by atoms with Crippen molar-refractivity contribution in [2.24, 2.45) is 0 Å². The summed E-state index contributed by atoms with van der Waals surface area (Å²) in [5.74, 6) is -0.894. The van der Waals surface area contributed by atoms with Crippen molar-refractivity contribution in [2.75, 3.05) is 22.5 Å². The second-order valence-corrected chi connectivity index (χ2v) is 4.56. The van der Waals surface area contributed by atoms with Crippen molar-refractivity contribution in [1.82, 2.24) is 0 Å². The molecule has 2 aromatic rings. The molecule has 0 atom stereocenters. The monoisotopic (exact) mass is 268 g/mol. The highest BCUT2D eigenvalue weighted by Gasteiger charge is 2.22. The van der Waals surface area contributed by atoms with Crippen LogP contribution in [-0.2, 0) is 6.54 Å². The molecule has 0 saturated carbocycles. The van der Waals surface area contributed by atoms with Gasteiger partial charge in [-0.05, 0) is 11.4 Å². The van der Waals surface area contributed by atoms with Gasteiger partial charge in [0.1, 0.15) is 6.54 Å². The number of nitrogens with one attached hydrogen (secondary N) is 1. The van der Waals surface area contributed by atoms with Crippen LogP contribution in [0.15, 0.2) is 17.5 Å². The van der Waals surface area contributed by atoms with E-state index in [1.165, 1.54) is 11.3 Å². The van der Waals surface area contributed by atoms with Crippen LogP contribution in [-0.4, -0.2) is 0 Å². The van der Waals surface area contributed by atoms with Crippen LogP contribution in [0.1, 0.15) is 4.88 Å². The lowest BCUT2D eigenvalue weighted by Gasteiger charge is -2.16. The maximum Gasteiger partial charge on any atom is 0.454 e. The molecule has 0 aliphatic carbocycles. The average Bonchev–Trinajstić information content (AvgIpc) is 2.87. The van der Waals surface area contributed by atoms with E-state index >= 15 is 0 Å². The summed E-state index contributed by atoms with van der Waals surface area (Å²) in [6.07, 6.45) is 0. The molecule has 0 aliphatic heterocycles. The van der Waals surface area contributed by atoms with E-state index in [1.807, 2.05) is 17.5 Å². The Hall–Kier alpha value is -2.42. The van der Waals surface area contributed by atoms with Crippen LogP contribution >= 0.6 is 11.3 Å². The normalized spacial score (nSPS) is 10.4. The molecule has 0 aromatic carbocycles. The molecule has 0 amide bonds. The number of nitrogens with zero attached hydrogens (tertiary/aromatic N) is 2. The third-order valence-electron chi connectivity index (χ3n) is 2.38. The minimum atomic E-state index is -0.299.